The van der Waals surface area contributed by atoms with Gasteiger partial charge in [-0.15, -0.1) is 0 Å². The monoisotopic (exact) mass is 1660 g/mol. The van der Waals surface area contributed by atoms with Crippen molar-refractivity contribution < 1.29 is 33.2 Å². The van der Waals surface area contributed by atoms with Crippen LogP contribution in [0.25, 0.3) is 177 Å². The molecule has 0 aliphatic carbocycles. The number of hydrogen-bond acceptors (Lipinski definition) is 3. The summed E-state index contributed by atoms with van der Waals surface area (Å²) in [5, 5.41) is 0.161. The first-order valence-electron chi connectivity index (χ1n) is 53.5. The molecule has 2 aliphatic heterocycles. The van der Waals surface area contributed by atoms with Crippen molar-refractivity contribution in [1.29, 1.82) is 0 Å². The van der Waals surface area contributed by atoms with Crippen LogP contribution in [0, 0.1) is 0 Å². The molecule has 0 N–H and O–H groups in total. The Bertz CT molecular complexity index is 9160. The van der Waals surface area contributed by atoms with E-state index in [0.717, 1.165) is 71.7 Å². The maximum Gasteiger partial charge on any atom is 0.252 e. The van der Waals surface area contributed by atoms with Gasteiger partial charge in [-0.2, -0.15) is 0 Å². The lowest BCUT2D eigenvalue weighted by molar-refractivity contribution is 0.590. The molecular formula is C122H89BN4O. The summed E-state index contributed by atoms with van der Waals surface area (Å²) in [4.78, 5) is 3.89. The summed E-state index contributed by atoms with van der Waals surface area (Å²) in [6, 6.07) is 85.1. The molecular weight excluding hydrogens is 1550 g/mol. The molecule has 0 spiro atoms. The van der Waals surface area contributed by atoms with Crippen molar-refractivity contribution >= 4 is 123 Å². The fourth-order valence-electron chi connectivity index (χ4n) is 19.1. The van der Waals surface area contributed by atoms with Gasteiger partial charge in [0, 0.05) is 88.7 Å². The number of rotatable bonds is 13. The Kier molecular flexibility index (Phi) is 13.3. The SMILES string of the molecule is [2H]c1cc([2H])c2c(c1[2H])c1c([2H])c([2H])c([2H])c([2H])c1n2-c1c([2H])c([2H])c2c(c1[2H])N(c1c(-c3ccccc3)cc(C(C)(C)C)cc1-c1ccccc1)c1cc(-c3ccc4oc5ccccc5c4c3)cc3c1B2c1c([2H])c([2H])c(-n2c4c([2H])c([2H])c([2H])c([2H])c4c4c([2H])c([2H])c([2H])c([2H])c42)c([2H])c1N3c1c(-c2cc(-c3ccccc3)cc(-c3ccccc3)c2)cc(C(C)(C)C)cc1-c1cc(-c2ccccc2)cc(-c2ccccc2)c1. The predicted octanol–water partition coefficient (Wildman–Crippen LogP) is 31.5. The highest BCUT2D eigenvalue weighted by atomic mass is 16.3. The van der Waals surface area contributed by atoms with E-state index < -0.39 is 167 Å². The molecule has 128 heavy (non-hydrogen) atoms. The molecule has 0 atom stereocenters. The van der Waals surface area contributed by atoms with Gasteiger partial charge in [0.05, 0.1) is 62.2 Å². The van der Waals surface area contributed by atoms with Gasteiger partial charge in [-0.1, -0.05) is 332 Å². The van der Waals surface area contributed by atoms with Gasteiger partial charge in [-0.25, -0.2) is 0 Å². The molecule has 606 valence electrons. The van der Waals surface area contributed by atoms with Gasteiger partial charge in [0.15, 0.2) is 0 Å². The molecule has 5 nitrogen and oxygen atoms in total. The summed E-state index contributed by atoms with van der Waals surface area (Å²) in [5.74, 6) is 0. The molecule has 0 unspecified atom stereocenters. The molecule has 0 radical (unpaired) electrons. The highest BCUT2D eigenvalue weighted by Gasteiger charge is 2.47. The molecule has 5 heterocycles. The van der Waals surface area contributed by atoms with E-state index in [2.05, 4.69) is 102 Å². The molecule has 0 bridgehead atoms. The van der Waals surface area contributed by atoms with Crippen molar-refractivity contribution in [1.82, 2.24) is 9.13 Å². The standard InChI is InChI=1S/C122H89BN4O/c1-121(2,3)92-72-101(82-43-21-11-22-44-82)119(102(73-92)83-45-23-12-24-46-83)126-112-76-94(124-108-52-30-25-47-96(108)97-48-26-31-53-109(97)124)58-60-106(112)123-107-61-59-95(125-110-54-32-27-49-98(110)99-50-28-33-55-111(99)125)77-113(107)127(115-71-89(70-114(126)118(115)123)84-57-62-117-105(69-84)100-51-29-34-56-116(100)128-117)120-103(90-65-85(78-35-13-7-14-36-78)63-86(66-90)79-37-15-8-16-38-79)74-93(122(4,5)6)75-104(120)91-67-87(80-39-17-9-18-40-80)64-88(68-91)81-41-19-10-20-42-81/h7-77H,1-6H3/i25D,26D,27D,28D,30D,32D,33D,47D,48D,49D,50D,52D,53D,54D,55D,58D,59D,60D,61D,76D,77D. The Morgan fingerprint density at radius 3 is 0.992 bits per heavy atom. The predicted molar refractivity (Wildman–Crippen MR) is 543 cm³/mol. The van der Waals surface area contributed by atoms with Crippen molar-refractivity contribution in [2.24, 2.45) is 0 Å². The molecule has 22 aromatic rings. The summed E-state index contributed by atoms with van der Waals surface area (Å²) in [6.07, 6.45) is 0. The van der Waals surface area contributed by atoms with E-state index in [-0.39, 0.29) is 71.7 Å². The quantitative estimate of drug-likeness (QED) is 0.108. The van der Waals surface area contributed by atoms with Crippen LogP contribution in [0.5, 0.6) is 0 Å². The summed E-state index contributed by atoms with van der Waals surface area (Å²) < 4.78 is 227. The van der Waals surface area contributed by atoms with Crippen molar-refractivity contribution in [3.8, 4) is 112 Å². The summed E-state index contributed by atoms with van der Waals surface area (Å²) >= 11 is 0. The van der Waals surface area contributed by atoms with E-state index >= 15 is 0 Å². The van der Waals surface area contributed by atoms with Crippen molar-refractivity contribution in [2.75, 3.05) is 9.80 Å². The minimum absolute atomic E-state index is 0.173. The van der Waals surface area contributed by atoms with Crippen LogP contribution in [0.1, 0.15) is 81.5 Å². The lowest BCUT2D eigenvalue weighted by Crippen LogP contribution is -2.61. The van der Waals surface area contributed by atoms with Crippen LogP contribution in [0.4, 0.5) is 34.1 Å². The van der Waals surface area contributed by atoms with Crippen LogP contribution < -0.4 is 26.2 Å². The number of nitrogens with zero attached hydrogens (tertiary/aromatic N) is 4. The number of anilines is 6. The van der Waals surface area contributed by atoms with Crippen LogP contribution in [-0.4, -0.2) is 15.8 Å². The number of hydrogen-bond donors (Lipinski definition) is 0. The largest absolute Gasteiger partial charge is 0.456 e. The number of aromatic nitrogens is 2. The van der Waals surface area contributed by atoms with E-state index in [4.69, 9.17) is 4.42 Å². The van der Waals surface area contributed by atoms with Crippen LogP contribution in [0.15, 0.2) is 435 Å². The maximum absolute atomic E-state index is 12.4. The third-order valence-corrected chi connectivity index (χ3v) is 25.3. The van der Waals surface area contributed by atoms with Gasteiger partial charge in [-0.3, -0.25) is 0 Å². The van der Waals surface area contributed by atoms with E-state index in [1.807, 2.05) is 246 Å². The van der Waals surface area contributed by atoms with Gasteiger partial charge in [0.25, 0.3) is 6.71 Å². The van der Waals surface area contributed by atoms with Crippen LogP contribution in [-0.2, 0) is 10.8 Å². The van der Waals surface area contributed by atoms with E-state index in [1.165, 1.54) is 4.57 Å². The highest BCUT2D eigenvalue weighted by Crippen LogP contribution is 2.57. The van der Waals surface area contributed by atoms with Crippen LogP contribution in [0.2, 0.25) is 0 Å². The van der Waals surface area contributed by atoms with E-state index in [9.17, 15) is 28.8 Å². The lowest BCUT2D eigenvalue weighted by atomic mass is 9.33. The number of para-hydroxylation sites is 5. The molecule has 3 aromatic heterocycles. The van der Waals surface area contributed by atoms with Gasteiger partial charge >= 0.3 is 0 Å². The van der Waals surface area contributed by atoms with E-state index in [0.29, 0.717) is 83.6 Å². The molecule has 2 aliphatic rings. The Morgan fingerprint density at radius 1 is 0.250 bits per heavy atom. The first kappa shape index (κ1) is 56.9. The van der Waals surface area contributed by atoms with E-state index in [1.54, 1.807) is 0 Å². The number of benzene rings is 19. The van der Waals surface area contributed by atoms with Crippen LogP contribution in [0.3, 0.4) is 0 Å². The maximum atomic E-state index is 12.4. The summed E-state index contributed by atoms with van der Waals surface area (Å²) in [6.45, 7) is 11.0. The number of fused-ring (bicyclic) bond motifs is 13. The zero-order valence-corrected chi connectivity index (χ0v) is 70.6. The topological polar surface area (TPSA) is 29.5 Å². The second-order valence-corrected chi connectivity index (χ2v) is 35.1. The van der Waals surface area contributed by atoms with Gasteiger partial charge in [0.2, 0.25) is 0 Å². The Balaban J connectivity index is 0.986. The molecule has 0 fully saturated rings. The van der Waals surface area contributed by atoms with Crippen molar-refractivity contribution in [3.63, 3.8) is 0 Å². The third kappa shape index (κ3) is 12.7. The molecule has 0 saturated carbocycles. The minimum atomic E-state index is -1.76. The molecule has 0 amide bonds. The average Bonchev–Trinajstić information content (AvgIpc) is 1.52. The third-order valence-electron chi connectivity index (χ3n) is 25.3. The fraction of sp³-hybridized carbons (Fsp3) is 0.0656. The molecule has 19 aromatic carbocycles. The average molecular weight is 1660 g/mol. The summed E-state index contributed by atoms with van der Waals surface area (Å²) in [5.41, 5.74) is 11.8. The second kappa shape index (κ2) is 30.0. The Morgan fingerprint density at radius 2 is 0.586 bits per heavy atom. The van der Waals surface area contributed by atoms with Gasteiger partial charge < -0.3 is 23.4 Å². The lowest BCUT2D eigenvalue weighted by Gasteiger charge is -2.46. The van der Waals surface area contributed by atoms with Crippen molar-refractivity contribution in [3.05, 3.63) is 441 Å². The molecule has 6 heteroatoms. The van der Waals surface area contributed by atoms with Gasteiger partial charge in [-0.05, 0) is 256 Å². The second-order valence-electron chi connectivity index (χ2n) is 35.1. The number of furan rings is 1. The normalized spacial score (nSPS) is 14.9. The summed E-state index contributed by atoms with van der Waals surface area (Å²) in [7, 11) is 0. The minimum Gasteiger partial charge on any atom is -0.456 e. The smallest absolute Gasteiger partial charge is 0.252 e. The molecule has 0 saturated heterocycles. The van der Waals surface area contributed by atoms with Gasteiger partial charge in [0.1, 0.15) is 11.2 Å². The first-order chi connectivity index (χ1) is 71.5. The highest BCUT2D eigenvalue weighted by molar-refractivity contribution is 7.00. The Labute approximate surface area is 776 Å². The zero-order valence-electron chi connectivity index (χ0n) is 91.6. The molecule has 24 rings (SSSR count). The first-order valence-corrected chi connectivity index (χ1v) is 43.0. The Hall–Kier alpha value is -15.8. The van der Waals surface area contributed by atoms with Crippen molar-refractivity contribution in [2.45, 2.75) is 52.4 Å². The zero-order chi connectivity index (χ0) is 104. The van der Waals surface area contributed by atoms with Crippen LogP contribution >= 0.6 is 0 Å². The fourth-order valence-corrected chi connectivity index (χ4v) is 19.1.